The van der Waals surface area contributed by atoms with Crippen LogP contribution < -0.4 is 5.73 Å². The Bertz CT molecular complexity index is 1440. The minimum Gasteiger partial charge on any atom is -0.478 e. The summed E-state index contributed by atoms with van der Waals surface area (Å²) in [7, 11) is 0. The molecule has 1 atom stereocenters. The van der Waals surface area contributed by atoms with Crippen LogP contribution in [0, 0.1) is 5.92 Å². The fourth-order valence-electron chi connectivity index (χ4n) is 5.36. The number of imidazole rings is 1. The lowest BCUT2D eigenvalue weighted by Gasteiger charge is -2.15. The Hall–Kier alpha value is -3.38. The molecule has 0 radical (unpaired) electrons. The number of carboxylic acids is 1. The molecular weight excluding hydrogens is 412 g/mol. The molecule has 3 N–H and O–H groups in total. The highest BCUT2D eigenvalue weighted by Gasteiger charge is 2.30. The Morgan fingerprint density at radius 1 is 1.18 bits per heavy atom. The van der Waals surface area contributed by atoms with E-state index in [1.807, 2.05) is 6.07 Å². The number of aryl methyl sites for hydroxylation is 1. The van der Waals surface area contributed by atoms with Crippen molar-refractivity contribution in [2.45, 2.75) is 51.7 Å². The third kappa shape index (κ3) is 3.28. The number of hydrogen-bond donors (Lipinski definition) is 2. The first kappa shape index (κ1) is 20.2. The molecule has 2 aliphatic rings. The van der Waals surface area contributed by atoms with Crippen molar-refractivity contribution in [3.8, 4) is 11.4 Å². The largest absolute Gasteiger partial charge is 0.478 e. The molecule has 6 heteroatoms. The third-order valence-electron chi connectivity index (χ3n) is 7.24. The van der Waals surface area contributed by atoms with Gasteiger partial charge in [0.1, 0.15) is 5.82 Å². The second kappa shape index (κ2) is 7.59. The molecule has 1 fully saturated rings. The zero-order chi connectivity index (χ0) is 22.7. The number of aromatic carboxylic acids is 1. The number of carbonyl (C=O) groups is 1. The lowest BCUT2D eigenvalue weighted by molar-refractivity contribution is 0.0697. The number of aromatic nitrogens is 3. The molecule has 1 unspecified atom stereocenters. The molecule has 6 rings (SSSR count). The molecule has 6 nitrogen and oxygen atoms in total. The van der Waals surface area contributed by atoms with Crippen molar-refractivity contribution < 1.29 is 9.90 Å². The molecule has 168 valence electrons. The Kier molecular flexibility index (Phi) is 4.66. The van der Waals surface area contributed by atoms with Gasteiger partial charge in [-0.25, -0.2) is 9.78 Å². The second-order valence-electron chi connectivity index (χ2n) is 9.33. The highest BCUT2D eigenvalue weighted by atomic mass is 16.4. The van der Waals surface area contributed by atoms with Gasteiger partial charge in [0.25, 0.3) is 0 Å². The van der Waals surface area contributed by atoms with Crippen molar-refractivity contribution in [3.63, 3.8) is 0 Å². The number of nitrogens with two attached hydrogens (primary N) is 1. The standard InChI is InChI=1S/C27H28N4O2/c1-2-30-23-6-4-3-5-19(23)20-13-17(9-11-24(20)30)26-29-22-14-18(27(32)33)10-12-25(22)31(26)15-21(28)16-7-8-16/h3,5,9-14,16,21H,2,4,6-8,15,28H2,1H3,(H,32,33). The summed E-state index contributed by atoms with van der Waals surface area (Å²) in [5.41, 5.74) is 13.4. The molecule has 0 spiro atoms. The van der Waals surface area contributed by atoms with Gasteiger partial charge in [-0.15, -0.1) is 0 Å². The normalized spacial score (nSPS) is 16.4. The predicted octanol–water partition coefficient (Wildman–Crippen LogP) is 5.07. The second-order valence-corrected chi connectivity index (χ2v) is 9.33. The van der Waals surface area contributed by atoms with E-state index in [0.29, 0.717) is 18.0 Å². The van der Waals surface area contributed by atoms with E-state index in [1.165, 1.54) is 35.0 Å². The number of hydrogen-bond acceptors (Lipinski definition) is 3. The van der Waals surface area contributed by atoms with E-state index in [1.54, 1.807) is 12.1 Å². The SMILES string of the molecule is CCn1c2c(c3cc(-c4nc5cc(C(=O)O)ccc5n4CC(N)C4CC4)ccc31)C=CCC2. The first-order valence-electron chi connectivity index (χ1n) is 11.9. The van der Waals surface area contributed by atoms with Crippen molar-refractivity contribution in [2.75, 3.05) is 0 Å². The van der Waals surface area contributed by atoms with Crippen LogP contribution >= 0.6 is 0 Å². The molecule has 2 aromatic carbocycles. The summed E-state index contributed by atoms with van der Waals surface area (Å²) in [5.74, 6) is 0.471. The number of nitrogens with zero attached hydrogens (tertiary/aromatic N) is 3. The fraction of sp³-hybridized carbons (Fsp3) is 0.333. The first-order valence-corrected chi connectivity index (χ1v) is 11.9. The lowest BCUT2D eigenvalue weighted by atomic mass is 10.0. The molecule has 2 heterocycles. The van der Waals surface area contributed by atoms with Crippen molar-refractivity contribution in [1.29, 1.82) is 0 Å². The minimum absolute atomic E-state index is 0.0703. The van der Waals surface area contributed by atoms with E-state index in [2.05, 4.69) is 46.4 Å². The molecule has 2 aliphatic carbocycles. The highest BCUT2D eigenvalue weighted by molar-refractivity contribution is 5.96. The van der Waals surface area contributed by atoms with E-state index in [4.69, 9.17) is 10.7 Å². The van der Waals surface area contributed by atoms with Crippen molar-refractivity contribution in [3.05, 3.63) is 59.3 Å². The maximum Gasteiger partial charge on any atom is 0.335 e. The van der Waals surface area contributed by atoms with Gasteiger partial charge < -0.3 is 20.0 Å². The van der Waals surface area contributed by atoms with Gasteiger partial charge in [0.15, 0.2) is 0 Å². The van der Waals surface area contributed by atoms with Crippen LogP contribution in [0.1, 0.15) is 47.8 Å². The van der Waals surface area contributed by atoms with Crippen molar-refractivity contribution in [2.24, 2.45) is 11.7 Å². The molecule has 2 aromatic heterocycles. The van der Waals surface area contributed by atoms with Gasteiger partial charge in [0.05, 0.1) is 16.6 Å². The molecule has 0 aliphatic heterocycles. The van der Waals surface area contributed by atoms with Gasteiger partial charge in [-0.2, -0.15) is 0 Å². The van der Waals surface area contributed by atoms with Crippen LogP contribution in [0.2, 0.25) is 0 Å². The quantitative estimate of drug-likeness (QED) is 0.438. The van der Waals surface area contributed by atoms with Crippen LogP contribution in [0.25, 0.3) is 39.4 Å². The Balaban J connectivity index is 1.55. The van der Waals surface area contributed by atoms with Gasteiger partial charge in [-0.05, 0) is 74.9 Å². The molecule has 0 amide bonds. The molecule has 1 saturated carbocycles. The van der Waals surface area contributed by atoms with E-state index in [0.717, 1.165) is 36.3 Å². The number of fused-ring (bicyclic) bond motifs is 4. The molecule has 33 heavy (non-hydrogen) atoms. The Labute approximate surface area is 192 Å². The Morgan fingerprint density at radius 3 is 2.76 bits per heavy atom. The molecular formula is C27H28N4O2. The summed E-state index contributed by atoms with van der Waals surface area (Å²) in [4.78, 5) is 16.5. The highest BCUT2D eigenvalue weighted by Crippen LogP contribution is 2.37. The first-order chi connectivity index (χ1) is 16.0. The van der Waals surface area contributed by atoms with Crippen LogP contribution in [-0.2, 0) is 19.5 Å². The maximum absolute atomic E-state index is 11.5. The number of rotatable bonds is 6. The van der Waals surface area contributed by atoms with Crippen LogP contribution in [0.5, 0.6) is 0 Å². The van der Waals surface area contributed by atoms with Crippen LogP contribution in [0.4, 0.5) is 0 Å². The van der Waals surface area contributed by atoms with E-state index in [-0.39, 0.29) is 11.6 Å². The van der Waals surface area contributed by atoms with Crippen LogP contribution in [0.15, 0.2) is 42.5 Å². The van der Waals surface area contributed by atoms with E-state index < -0.39 is 5.97 Å². The topological polar surface area (TPSA) is 86.1 Å². The minimum atomic E-state index is -0.941. The summed E-state index contributed by atoms with van der Waals surface area (Å²) >= 11 is 0. The van der Waals surface area contributed by atoms with Gasteiger partial charge in [-0.1, -0.05) is 12.2 Å². The molecule has 0 saturated heterocycles. The van der Waals surface area contributed by atoms with Gasteiger partial charge in [-0.3, -0.25) is 0 Å². The van der Waals surface area contributed by atoms with Crippen LogP contribution in [-0.4, -0.2) is 31.2 Å². The predicted molar refractivity (Wildman–Crippen MR) is 131 cm³/mol. The monoisotopic (exact) mass is 440 g/mol. The van der Waals surface area contributed by atoms with Crippen LogP contribution in [0.3, 0.4) is 0 Å². The summed E-state index contributed by atoms with van der Waals surface area (Å²) in [6, 6.07) is 11.8. The Morgan fingerprint density at radius 2 is 2.00 bits per heavy atom. The average Bonchev–Trinajstić information content (AvgIpc) is 3.56. The van der Waals surface area contributed by atoms with Crippen molar-refractivity contribution in [1.82, 2.24) is 14.1 Å². The zero-order valence-electron chi connectivity index (χ0n) is 18.8. The summed E-state index contributed by atoms with van der Waals surface area (Å²) in [5, 5.41) is 10.7. The smallest absolute Gasteiger partial charge is 0.335 e. The summed E-state index contributed by atoms with van der Waals surface area (Å²) < 4.78 is 4.60. The average molecular weight is 441 g/mol. The van der Waals surface area contributed by atoms with E-state index >= 15 is 0 Å². The lowest BCUT2D eigenvalue weighted by Crippen LogP contribution is -2.28. The molecule has 0 bridgehead atoms. The number of carboxylic acid groups (broad SMARTS) is 1. The zero-order valence-corrected chi connectivity index (χ0v) is 18.8. The number of benzene rings is 2. The van der Waals surface area contributed by atoms with Crippen molar-refractivity contribution >= 4 is 34.0 Å². The number of allylic oxidation sites excluding steroid dienone is 1. The fourth-order valence-corrected chi connectivity index (χ4v) is 5.36. The van der Waals surface area contributed by atoms with E-state index in [9.17, 15) is 9.90 Å². The molecule has 4 aromatic rings. The van der Waals surface area contributed by atoms with Gasteiger partial charge in [0.2, 0.25) is 0 Å². The van der Waals surface area contributed by atoms with Gasteiger partial charge >= 0.3 is 5.97 Å². The summed E-state index contributed by atoms with van der Waals surface area (Å²) in [6.45, 7) is 3.82. The maximum atomic E-state index is 11.5. The third-order valence-corrected chi connectivity index (χ3v) is 7.24. The van der Waals surface area contributed by atoms with Gasteiger partial charge in [0, 0.05) is 46.9 Å². The summed E-state index contributed by atoms with van der Waals surface area (Å²) in [6.07, 6.45) is 9.02.